The second kappa shape index (κ2) is 8.00. The molecule has 0 bridgehead atoms. The molecule has 1 aromatic heterocycles. The fourth-order valence-corrected chi connectivity index (χ4v) is 2.79. The molecule has 0 aliphatic rings. The van der Waals surface area contributed by atoms with Crippen LogP contribution in [0.15, 0.2) is 30.5 Å². The number of fused-ring (bicyclic) bond motifs is 1. The number of benzene rings is 1. The fraction of sp³-hybridized carbons (Fsp3) is 0.438. The van der Waals surface area contributed by atoms with Gasteiger partial charge in [0.05, 0.1) is 11.2 Å². The lowest BCUT2D eigenvalue weighted by Gasteiger charge is -2.10. The fourth-order valence-electron chi connectivity index (χ4n) is 2.30. The van der Waals surface area contributed by atoms with Crippen LogP contribution < -0.4 is 11.1 Å². The highest BCUT2D eigenvalue weighted by Gasteiger charge is 2.03. The van der Waals surface area contributed by atoms with Gasteiger partial charge in [-0.2, -0.15) is 11.8 Å². The molecule has 0 atom stereocenters. The number of nitrogen functional groups attached to an aromatic ring is 1. The Bertz CT molecular complexity index is 542. The number of anilines is 2. The van der Waals surface area contributed by atoms with Crippen LogP contribution in [0.5, 0.6) is 0 Å². The Balaban J connectivity index is 1.86. The number of rotatable bonds is 8. The predicted molar refractivity (Wildman–Crippen MR) is 91.5 cm³/mol. The van der Waals surface area contributed by atoms with Gasteiger partial charge in [-0.1, -0.05) is 25.0 Å². The SMILES string of the molecule is CSCCCCCCNc1ccnc2c(N)cccc12. The number of nitrogens with two attached hydrogens (primary N) is 1. The maximum absolute atomic E-state index is 5.96. The minimum Gasteiger partial charge on any atom is -0.397 e. The predicted octanol–water partition coefficient (Wildman–Crippen LogP) is 4.15. The van der Waals surface area contributed by atoms with Crippen molar-refractivity contribution in [1.82, 2.24) is 4.98 Å². The first-order valence-corrected chi connectivity index (χ1v) is 8.58. The van der Waals surface area contributed by atoms with Crippen LogP contribution in [0.4, 0.5) is 11.4 Å². The molecule has 2 aromatic rings. The molecule has 2 rings (SSSR count). The third-order valence-electron chi connectivity index (χ3n) is 3.39. The monoisotopic (exact) mass is 289 g/mol. The van der Waals surface area contributed by atoms with Gasteiger partial charge in [0.1, 0.15) is 0 Å². The summed E-state index contributed by atoms with van der Waals surface area (Å²) in [6.07, 6.45) is 9.14. The molecule has 0 saturated heterocycles. The highest BCUT2D eigenvalue weighted by Crippen LogP contribution is 2.25. The van der Waals surface area contributed by atoms with E-state index in [9.17, 15) is 0 Å². The maximum Gasteiger partial charge on any atom is 0.0951 e. The third kappa shape index (κ3) is 4.04. The molecule has 0 aliphatic carbocycles. The number of pyridine rings is 1. The molecule has 0 saturated carbocycles. The number of nitrogens with zero attached hydrogens (tertiary/aromatic N) is 1. The van der Waals surface area contributed by atoms with Crippen LogP contribution in [-0.2, 0) is 0 Å². The van der Waals surface area contributed by atoms with Gasteiger partial charge in [0.15, 0.2) is 0 Å². The zero-order valence-corrected chi connectivity index (χ0v) is 12.9. The molecule has 1 aromatic carbocycles. The van der Waals surface area contributed by atoms with Crippen molar-refractivity contribution in [2.75, 3.05) is 29.6 Å². The Labute approximate surface area is 125 Å². The van der Waals surface area contributed by atoms with Crippen LogP contribution in [0, 0.1) is 0 Å². The lowest BCUT2D eigenvalue weighted by Crippen LogP contribution is -2.03. The van der Waals surface area contributed by atoms with Crippen LogP contribution >= 0.6 is 11.8 Å². The number of aromatic nitrogens is 1. The molecule has 0 spiro atoms. The molecule has 3 nitrogen and oxygen atoms in total. The molecule has 0 radical (unpaired) electrons. The van der Waals surface area contributed by atoms with Crippen molar-refractivity contribution in [3.05, 3.63) is 30.5 Å². The third-order valence-corrected chi connectivity index (χ3v) is 4.09. The lowest BCUT2D eigenvalue weighted by atomic mass is 10.1. The first-order valence-electron chi connectivity index (χ1n) is 7.19. The van der Waals surface area contributed by atoms with E-state index >= 15 is 0 Å². The van der Waals surface area contributed by atoms with E-state index in [2.05, 4.69) is 22.6 Å². The summed E-state index contributed by atoms with van der Waals surface area (Å²) in [5.41, 5.74) is 8.71. The molecular weight excluding hydrogens is 266 g/mol. The topological polar surface area (TPSA) is 50.9 Å². The van der Waals surface area contributed by atoms with Gasteiger partial charge in [-0.15, -0.1) is 0 Å². The van der Waals surface area contributed by atoms with Crippen LogP contribution in [0.25, 0.3) is 10.9 Å². The lowest BCUT2D eigenvalue weighted by molar-refractivity contribution is 0.689. The van der Waals surface area contributed by atoms with E-state index in [4.69, 9.17) is 5.73 Å². The molecule has 0 amide bonds. The quantitative estimate of drug-likeness (QED) is 0.566. The van der Waals surface area contributed by atoms with Crippen LogP contribution in [0.2, 0.25) is 0 Å². The molecule has 4 heteroatoms. The van der Waals surface area contributed by atoms with Gasteiger partial charge in [0.25, 0.3) is 0 Å². The minimum absolute atomic E-state index is 0.739. The van der Waals surface area contributed by atoms with E-state index in [0.29, 0.717) is 0 Å². The van der Waals surface area contributed by atoms with Crippen LogP contribution in [0.1, 0.15) is 25.7 Å². The Hall–Kier alpha value is -1.42. The molecule has 108 valence electrons. The molecule has 1 heterocycles. The zero-order chi connectivity index (χ0) is 14.2. The van der Waals surface area contributed by atoms with Crippen molar-refractivity contribution < 1.29 is 0 Å². The number of thioether (sulfide) groups is 1. The summed E-state index contributed by atoms with van der Waals surface area (Å²) in [6.45, 7) is 1.01. The molecule has 0 fully saturated rings. The van der Waals surface area contributed by atoms with Crippen molar-refractivity contribution in [2.45, 2.75) is 25.7 Å². The van der Waals surface area contributed by atoms with E-state index in [-0.39, 0.29) is 0 Å². The van der Waals surface area contributed by atoms with Gasteiger partial charge in [-0.05, 0) is 37.0 Å². The van der Waals surface area contributed by atoms with Crippen molar-refractivity contribution in [2.24, 2.45) is 0 Å². The van der Waals surface area contributed by atoms with E-state index in [0.717, 1.165) is 28.8 Å². The van der Waals surface area contributed by atoms with Gasteiger partial charge < -0.3 is 11.1 Å². The summed E-state index contributed by atoms with van der Waals surface area (Å²) in [6, 6.07) is 7.97. The summed E-state index contributed by atoms with van der Waals surface area (Å²) < 4.78 is 0. The van der Waals surface area contributed by atoms with Crippen molar-refractivity contribution in [3.63, 3.8) is 0 Å². The highest BCUT2D eigenvalue weighted by molar-refractivity contribution is 7.98. The zero-order valence-electron chi connectivity index (χ0n) is 12.1. The van der Waals surface area contributed by atoms with Crippen molar-refractivity contribution in [1.29, 1.82) is 0 Å². The van der Waals surface area contributed by atoms with E-state index in [1.54, 1.807) is 0 Å². The largest absolute Gasteiger partial charge is 0.397 e. The van der Waals surface area contributed by atoms with Gasteiger partial charge in [-0.25, -0.2) is 0 Å². The number of hydrogen-bond acceptors (Lipinski definition) is 4. The van der Waals surface area contributed by atoms with Gasteiger partial charge in [0, 0.05) is 23.8 Å². The highest BCUT2D eigenvalue weighted by atomic mass is 32.2. The average molecular weight is 289 g/mol. The van der Waals surface area contributed by atoms with Gasteiger partial charge >= 0.3 is 0 Å². The summed E-state index contributed by atoms with van der Waals surface area (Å²) in [5.74, 6) is 1.28. The van der Waals surface area contributed by atoms with E-state index < -0.39 is 0 Å². The number of nitrogens with one attached hydrogen (secondary N) is 1. The number of hydrogen-bond donors (Lipinski definition) is 2. The van der Waals surface area contributed by atoms with Gasteiger partial charge in [0.2, 0.25) is 0 Å². The molecule has 0 aliphatic heterocycles. The Morgan fingerprint density at radius 1 is 1.15 bits per heavy atom. The Morgan fingerprint density at radius 3 is 2.85 bits per heavy atom. The molecule has 3 N–H and O–H groups in total. The minimum atomic E-state index is 0.739. The van der Waals surface area contributed by atoms with Crippen molar-refractivity contribution >= 4 is 34.0 Å². The number of unbranched alkanes of at least 4 members (excludes halogenated alkanes) is 3. The molecule has 20 heavy (non-hydrogen) atoms. The number of para-hydroxylation sites is 1. The standard InChI is InChI=1S/C16H23N3S/c1-20-12-5-3-2-4-10-18-15-9-11-19-16-13(15)7-6-8-14(16)17/h6-9,11H,2-5,10,12,17H2,1H3,(H,18,19). The smallest absolute Gasteiger partial charge is 0.0951 e. The summed E-state index contributed by atoms with van der Waals surface area (Å²) in [7, 11) is 0. The van der Waals surface area contributed by atoms with Crippen molar-refractivity contribution in [3.8, 4) is 0 Å². The van der Waals surface area contributed by atoms with Crippen LogP contribution in [-0.4, -0.2) is 23.5 Å². The first kappa shape index (κ1) is 15.0. The second-order valence-electron chi connectivity index (χ2n) is 4.94. The van der Waals surface area contributed by atoms with E-state index in [1.165, 1.54) is 31.4 Å². The summed E-state index contributed by atoms with van der Waals surface area (Å²) in [5, 5.41) is 4.61. The van der Waals surface area contributed by atoms with Crippen LogP contribution in [0.3, 0.4) is 0 Å². The van der Waals surface area contributed by atoms with Gasteiger partial charge in [-0.3, -0.25) is 4.98 Å². The average Bonchev–Trinajstić information content (AvgIpc) is 2.47. The second-order valence-corrected chi connectivity index (χ2v) is 5.92. The molecule has 0 unspecified atom stereocenters. The Kier molecular flexibility index (Phi) is 5.99. The summed E-state index contributed by atoms with van der Waals surface area (Å²) in [4.78, 5) is 4.35. The normalized spacial score (nSPS) is 10.8. The summed E-state index contributed by atoms with van der Waals surface area (Å²) >= 11 is 1.93. The maximum atomic E-state index is 5.96. The van der Waals surface area contributed by atoms with E-state index in [1.807, 2.05) is 36.2 Å². The Morgan fingerprint density at radius 2 is 2.00 bits per heavy atom. The first-order chi connectivity index (χ1) is 9.83. The molecular formula is C16H23N3S.